The molecule has 2 rings (SSSR count). The van der Waals surface area contributed by atoms with Crippen molar-refractivity contribution in [3.63, 3.8) is 0 Å². The van der Waals surface area contributed by atoms with E-state index in [-0.39, 0.29) is 0 Å². The Morgan fingerprint density at radius 1 is 0.929 bits per heavy atom. The Hall–Kier alpha value is -3.03. The summed E-state index contributed by atoms with van der Waals surface area (Å²) in [6.07, 6.45) is -5.49. The van der Waals surface area contributed by atoms with Crippen molar-refractivity contribution >= 4 is 17.7 Å². The summed E-state index contributed by atoms with van der Waals surface area (Å²) in [4.78, 5) is 24.9. The Morgan fingerprint density at radius 2 is 1.50 bits per heavy atom. The van der Waals surface area contributed by atoms with Crippen molar-refractivity contribution in [2.75, 3.05) is 5.32 Å². The van der Waals surface area contributed by atoms with Crippen LogP contribution in [0, 0.1) is 0 Å². The fraction of sp³-hybridized carbons (Fsp3) is 0.300. The van der Waals surface area contributed by atoms with Crippen molar-refractivity contribution in [2.24, 2.45) is 0 Å². The summed E-state index contributed by atoms with van der Waals surface area (Å²) in [5.41, 5.74) is -1.78. The first-order valence-electron chi connectivity index (χ1n) is 8.49. The van der Waals surface area contributed by atoms with Crippen LogP contribution in [-0.4, -0.2) is 17.6 Å². The summed E-state index contributed by atoms with van der Waals surface area (Å²) in [6, 6.07) is 11.6. The minimum atomic E-state index is -4.63. The Kier molecular flexibility index (Phi) is 6.33. The second-order valence-corrected chi connectivity index (χ2v) is 7.02. The molecule has 0 heterocycles. The Bertz CT molecular complexity index is 831. The van der Waals surface area contributed by atoms with E-state index in [0.29, 0.717) is 5.56 Å². The highest BCUT2D eigenvalue weighted by Gasteiger charge is 2.34. The van der Waals surface area contributed by atoms with Crippen LogP contribution in [0.2, 0.25) is 0 Å². The van der Waals surface area contributed by atoms with Gasteiger partial charge in [-0.25, -0.2) is 4.79 Å². The monoisotopic (exact) mass is 394 g/mol. The molecule has 0 saturated heterocycles. The molecule has 8 heteroatoms. The lowest BCUT2D eigenvalue weighted by Gasteiger charge is -2.24. The molecule has 2 aromatic rings. The zero-order valence-corrected chi connectivity index (χ0v) is 15.6. The average Bonchev–Trinajstić information content (AvgIpc) is 2.58. The third kappa shape index (κ3) is 6.00. The quantitative estimate of drug-likeness (QED) is 0.774. The number of carbonyl (C=O) groups is 2. The van der Waals surface area contributed by atoms with Gasteiger partial charge in [-0.15, -0.1) is 0 Å². The predicted molar refractivity (Wildman–Crippen MR) is 98.6 cm³/mol. The minimum Gasteiger partial charge on any atom is -0.444 e. The Balaban J connectivity index is 2.29. The number of hydrogen-bond donors (Lipinski definition) is 2. The van der Waals surface area contributed by atoms with Crippen molar-refractivity contribution in [3.05, 3.63) is 65.7 Å². The second-order valence-electron chi connectivity index (χ2n) is 7.02. The topological polar surface area (TPSA) is 67.4 Å². The molecule has 0 aliphatic rings. The van der Waals surface area contributed by atoms with E-state index in [0.717, 1.165) is 12.1 Å². The third-order valence-corrected chi connectivity index (χ3v) is 3.55. The summed E-state index contributed by atoms with van der Waals surface area (Å²) in [6.45, 7) is 4.97. The number of anilines is 1. The van der Waals surface area contributed by atoms with E-state index in [1.807, 2.05) is 0 Å². The van der Waals surface area contributed by atoms with Gasteiger partial charge in [-0.05, 0) is 38.5 Å². The van der Waals surface area contributed by atoms with Crippen molar-refractivity contribution in [2.45, 2.75) is 38.6 Å². The molecule has 5 nitrogen and oxygen atoms in total. The minimum absolute atomic E-state index is 0.396. The van der Waals surface area contributed by atoms with Gasteiger partial charge < -0.3 is 15.4 Å². The lowest BCUT2D eigenvalue weighted by atomic mass is 10.1. The first-order chi connectivity index (χ1) is 13.0. The predicted octanol–water partition coefficient (Wildman–Crippen LogP) is 4.91. The maximum atomic E-state index is 13.2. The highest BCUT2D eigenvalue weighted by Crippen LogP contribution is 2.35. The molecule has 1 unspecified atom stereocenters. The number of hydrogen-bond acceptors (Lipinski definition) is 3. The van der Waals surface area contributed by atoms with E-state index in [1.54, 1.807) is 51.1 Å². The van der Waals surface area contributed by atoms with Gasteiger partial charge >= 0.3 is 12.3 Å². The fourth-order valence-corrected chi connectivity index (χ4v) is 2.42. The third-order valence-electron chi connectivity index (χ3n) is 3.55. The number of alkyl carbamates (subject to hydrolysis) is 1. The van der Waals surface area contributed by atoms with Crippen molar-refractivity contribution in [1.29, 1.82) is 0 Å². The van der Waals surface area contributed by atoms with Gasteiger partial charge in [0.05, 0.1) is 11.3 Å². The molecule has 0 bridgehead atoms. The van der Waals surface area contributed by atoms with Gasteiger partial charge in [0, 0.05) is 0 Å². The van der Waals surface area contributed by atoms with Crippen molar-refractivity contribution in [3.8, 4) is 0 Å². The summed E-state index contributed by atoms with van der Waals surface area (Å²) >= 11 is 0. The van der Waals surface area contributed by atoms with Crippen LogP contribution in [0.3, 0.4) is 0 Å². The molecule has 150 valence electrons. The summed E-state index contributed by atoms with van der Waals surface area (Å²) in [5, 5.41) is 4.67. The summed E-state index contributed by atoms with van der Waals surface area (Å²) < 4.78 is 44.7. The van der Waals surface area contributed by atoms with Crippen LogP contribution in [0.1, 0.15) is 37.9 Å². The zero-order valence-electron chi connectivity index (χ0n) is 15.6. The normalized spacial score (nSPS) is 12.8. The molecule has 0 aliphatic heterocycles. The van der Waals surface area contributed by atoms with Gasteiger partial charge in [0.25, 0.3) is 5.91 Å². The number of nitrogens with one attached hydrogen (secondary N) is 2. The first kappa shape index (κ1) is 21.3. The standard InChI is InChI=1S/C20H21F3N2O3/c1-19(2,3)28-18(27)25-16(13-9-5-4-6-10-13)17(26)24-15-12-8-7-11-14(15)20(21,22)23/h4-12,16H,1-3H3,(H,24,26)(H,25,27). The number of amides is 2. The van der Waals surface area contributed by atoms with E-state index in [4.69, 9.17) is 4.74 Å². The molecule has 0 radical (unpaired) electrons. The molecule has 0 aliphatic carbocycles. The van der Waals surface area contributed by atoms with Crippen LogP contribution in [0.25, 0.3) is 0 Å². The largest absolute Gasteiger partial charge is 0.444 e. The van der Waals surface area contributed by atoms with E-state index in [1.165, 1.54) is 12.1 Å². The van der Waals surface area contributed by atoms with Crippen molar-refractivity contribution in [1.82, 2.24) is 5.32 Å². The maximum absolute atomic E-state index is 13.2. The van der Waals surface area contributed by atoms with E-state index in [2.05, 4.69) is 10.6 Å². The molecule has 1 atom stereocenters. The second kappa shape index (κ2) is 8.33. The number of benzene rings is 2. The number of ether oxygens (including phenoxy) is 1. The summed E-state index contributed by atoms with van der Waals surface area (Å²) in [5.74, 6) is -0.825. The molecule has 0 fully saturated rings. The van der Waals surface area contributed by atoms with Gasteiger partial charge in [-0.1, -0.05) is 42.5 Å². The first-order valence-corrected chi connectivity index (χ1v) is 8.49. The maximum Gasteiger partial charge on any atom is 0.418 e. The van der Waals surface area contributed by atoms with Crippen LogP contribution < -0.4 is 10.6 Å². The van der Waals surface area contributed by atoms with E-state index in [9.17, 15) is 22.8 Å². The smallest absolute Gasteiger partial charge is 0.418 e. The van der Waals surface area contributed by atoms with Gasteiger partial charge in [0.2, 0.25) is 0 Å². The van der Waals surface area contributed by atoms with Gasteiger partial charge in [0.1, 0.15) is 11.6 Å². The number of rotatable bonds is 4. The highest BCUT2D eigenvalue weighted by molar-refractivity contribution is 5.97. The molecule has 2 N–H and O–H groups in total. The fourth-order valence-electron chi connectivity index (χ4n) is 2.42. The van der Waals surface area contributed by atoms with Crippen LogP contribution in [0.5, 0.6) is 0 Å². The molecular formula is C20H21F3N2O3. The molecule has 0 spiro atoms. The molecule has 2 aromatic carbocycles. The molecule has 28 heavy (non-hydrogen) atoms. The van der Waals surface area contributed by atoms with E-state index >= 15 is 0 Å². The summed E-state index contributed by atoms with van der Waals surface area (Å²) in [7, 11) is 0. The molecule has 2 amide bonds. The highest BCUT2D eigenvalue weighted by atomic mass is 19.4. The van der Waals surface area contributed by atoms with Crippen LogP contribution >= 0.6 is 0 Å². The lowest BCUT2D eigenvalue weighted by Crippen LogP contribution is -2.40. The van der Waals surface area contributed by atoms with Crippen LogP contribution in [0.4, 0.5) is 23.7 Å². The number of para-hydroxylation sites is 1. The molecular weight excluding hydrogens is 373 g/mol. The van der Waals surface area contributed by atoms with Crippen molar-refractivity contribution < 1.29 is 27.5 Å². The zero-order chi connectivity index (χ0) is 20.9. The lowest BCUT2D eigenvalue weighted by molar-refractivity contribution is -0.137. The SMILES string of the molecule is CC(C)(C)OC(=O)NC(C(=O)Nc1ccccc1C(F)(F)F)c1ccccc1. The van der Waals surface area contributed by atoms with E-state index < -0.39 is 41.1 Å². The molecule has 0 aromatic heterocycles. The van der Waals surface area contributed by atoms with Crippen LogP contribution in [-0.2, 0) is 15.7 Å². The Morgan fingerprint density at radius 3 is 2.07 bits per heavy atom. The van der Waals surface area contributed by atoms with Gasteiger partial charge in [0.15, 0.2) is 0 Å². The van der Waals surface area contributed by atoms with Crippen LogP contribution in [0.15, 0.2) is 54.6 Å². The number of halogens is 3. The number of carbonyl (C=O) groups excluding carboxylic acids is 2. The number of alkyl halides is 3. The van der Waals surface area contributed by atoms with Gasteiger partial charge in [-0.2, -0.15) is 13.2 Å². The molecule has 0 saturated carbocycles. The Labute approximate surface area is 160 Å². The van der Waals surface area contributed by atoms with Gasteiger partial charge in [-0.3, -0.25) is 4.79 Å². The average molecular weight is 394 g/mol.